The summed E-state index contributed by atoms with van der Waals surface area (Å²) in [6.45, 7) is 14.4. The fourth-order valence-electron chi connectivity index (χ4n) is 4.19. The van der Waals surface area contributed by atoms with Crippen LogP contribution in [0.1, 0.15) is 27.7 Å². The first kappa shape index (κ1) is 31.9. The van der Waals surface area contributed by atoms with Crippen LogP contribution in [0.4, 0.5) is 5.69 Å². The summed E-state index contributed by atoms with van der Waals surface area (Å²) in [7, 11) is 1.59. The van der Waals surface area contributed by atoms with E-state index in [1.807, 2.05) is 58.0 Å². The van der Waals surface area contributed by atoms with Crippen molar-refractivity contribution < 1.29 is 24.4 Å². The summed E-state index contributed by atoms with van der Waals surface area (Å²) in [6, 6.07) is 7.58. The lowest BCUT2D eigenvalue weighted by molar-refractivity contribution is 0.0934. The highest BCUT2D eigenvalue weighted by molar-refractivity contribution is 5.50. The number of ether oxygens (including phenoxy) is 3. The second-order valence-corrected chi connectivity index (χ2v) is 10.8. The van der Waals surface area contributed by atoms with Crippen LogP contribution in [0.3, 0.4) is 0 Å². The number of hydrogen-bond acceptors (Lipinski definition) is 10. The third-order valence-corrected chi connectivity index (χ3v) is 6.71. The van der Waals surface area contributed by atoms with Crippen molar-refractivity contribution in [3.63, 3.8) is 0 Å². The third kappa shape index (κ3) is 10.4. The lowest BCUT2D eigenvalue weighted by atomic mass is 9.94. The van der Waals surface area contributed by atoms with Gasteiger partial charge in [0.2, 0.25) is 5.88 Å². The zero-order valence-corrected chi connectivity index (χ0v) is 25.0. The molecule has 3 rings (SSSR count). The number of anilines is 1. The van der Waals surface area contributed by atoms with Crippen molar-refractivity contribution in [3.8, 4) is 11.6 Å². The van der Waals surface area contributed by atoms with Crippen molar-refractivity contribution >= 4 is 17.8 Å². The van der Waals surface area contributed by atoms with Crippen molar-refractivity contribution in [2.75, 3.05) is 71.5 Å². The molecule has 0 amide bonds. The van der Waals surface area contributed by atoms with Gasteiger partial charge in [-0.05, 0) is 25.1 Å². The van der Waals surface area contributed by atoms with E-state index in [1.54, 1.807) is 25.5 Å². The highest BCUT2D eigenvalue weighted by atomic mass is 16.5. The van der Waals surface area contributed by atoms with Crippen molar-refractivity contribution in [3.05, 3.63) is 65.0 Å². The van der Waals surface area contributed by atoms with E-state index >= 15 is 0 Å². The highest BCUT2D eigenvalue weighted by Gasteiger charge is 2.16. The standard InChI is InChI=1S/C31H45N5O5/c1-6-27-28(21-26(39-5)22-40-19-17-36-14-12-35(13-15-36)16-18-37)33-23-34-30(27)41-25-9-7-8-24(20-25)32-11-10-29(38)31(2,3)4/h6-10,20-23,32,37-38H,11-19H2,1-5H3/b26-22-,27-6+,28-21+,29-10-. The number of benzene rings is 1. The largest absolute Gasteiger partial charge is 0.512 e. The summed E-state index contributed by atoms with van der Waals surface area (Å²) in [5, 5.41) is 23.9. The van der Waals surface area contributed by atoms with Crippen LogP contribution in [-0.4, -0.2) is 96.1 Å². The minimum Gasteiger partial charge on any atom is -0.512 e. The van der Waals surface area contributed by atoms with Crippen molar-refractivity contribution in [1.82, 2.24) is 19.8 Å². The Bertz CT molecular complexity index is 1280. The van der Waals surface area contributed by atoms with Crippen LogP contribution >= 0.6 is 0 Å². The zero-order valence-electron chi connectivity index (χ0n) is 25.0. The molecule has 0 radical (unpaired) electrons. The number of hydrogen-bond donors (Lipinski definition) is 3. The lowest BCUT2D eigenvalue weighted by Crippen LogP contribution is -2.47. The van der Waals surface area contributed by atoms with E-state index in [0.717, 1.165) is 50.2 Å². The molecular formula is C31H45N5O5. The maximum atomic E-state index is 10.2. The van der Waals surface area contributed by atoms with E-state index in [9.17, 15) is 5.11 Å². The zero-order chi connectivity index (χ0) is 29.7. The van der Waals surface area contributed by atoms with Gasteiger partial charge in [-0.1, -0.05) is 32.9 Å². The van der Waals surface area contributed by atoms with E-state index in [0.29, 0.717) is 41.6 Å². The number of aliphatic hydroxyl groups excluding tert-OH is 2. The van der Waals surface area contributed by atoms with Crippen LogP contribution in [0.25, 0.3) is 12.2 Å². The summed E-state index contributed by atoms with van der Waals surface area (Å²) < 4.78 is 17.5. The Labute approximate surface area is 243 Å². The summed E-state index contributed by atoms with van der Waals surface area (Å²) in [4.78, 5) is 13.4. The van der Waals surface area contributed by atoms with Crippen LogP contribution in [0.2, 0.25) is 0 Å². The maximum absolute atomic E-state index is 10.2. The van der Waals surface area contributed by atoms with Gasteiger partial charge in [0.25, 0.3) is 0 Å². The van der Waals surface area contributed by atoms with Crippen LogP contribution in [0.15, 0.2) is 54.4 Å². The molecule has 1 aromatic carbocycles. The molecule has 0 unspecified atom stereocenters. The number of allylic oxidation sites excluding steroid dienone is 2. The number of piperazine rings is 1. The van der Waals surface area contributed by atoms with E-state index in [1.165, 1.54) is 6.33 Å². The van der Waals surface area contributed by atoms with Crippen molar-refractivity contribution in [2.24, 2.45) is 5.41 Å². The number of methoxy groups -OCH3 is 1. The average molecular weight is 568 g/mol. The number of nitrogens with one attached hydrogen (secondary N) is 1. The summed E-state index contributed by atoms with van der Waals surface area (Å²) in [5.41, 5.74) is 0.570. The fourth-order valence-corrected chi connectivity index (χ4v) is 4.19. The molecule has 1 aliphatic rings. The summed E-state index contributed by atoms with van der Waals surface area (Å²) in [5.74, 6) is 1.92. The number of rotatable bonds is 13. The van der Waals surface area contributed by atoms with Gasteiger partial charge >= 0.3 is 0 Å². The Morgan fingerprint density at radius 1 is 1.10 bits per heavy atom. The van der Waals surface area contributed by atoms with Crippen LogP contribution in [0, 0.1) is 5.41 Å². The van der Waals surface area contributed by atoms with Gasteiger partial charge < -0.3 is 29.7 Å². The predicted octanol–water partition coefficient (Wildman–Crippen LogP) is 2.86. The molecule has 1 aliphatic heterocycles. The molecule has 0 spiro atoms. The van der Waals surface area contributed by atoms with Gasteiger partial charge in [0.1, 0.15) is 24.9 Å². The Morgan fingerprint density at radius 2 is 1.83 bits per heavy atom. The van der Waals surface area contributed by atoms with Gasteiger partial charge in [-0.15, -0.1) is 0 Å². The fraction of sp³-hybridized carbons (Fsp3) is 0.484. The molecule has 0 saturated carbocycles. The molecule has 10 heteroatoms. The number of β-amino-alcohol motifs (C(OH)–C–C–N with tert-alkyl or cyclic N) is 1. The number of nitrogens with zero attached hydrogens (tertiary/aromatic N) is 4. The monoisotopic (exact) mass is 567 g/mol. The van der Waals surface area contributed by atoms with Crippen LogP contribution < -0.4 is 20.6 Å². The molecular weight excluding hydrogens is 522 g/mol. The molecule has 1 saturated heterocycles. The molecule has 1 aromatic heterocycles. The minimum absolute atomic E-state index is 0.203. The van der Waals surface area contributed by atoms with Gasteiger partial charge in [0.15, 0.2) is 5.76 Å². The maximum Gasteiger partial charge on any atom is 0.229 e. The second kappa shape index (κ2) is 16.0. The first-order chi connectivity index (χ1) is 19.7. The number of aliphatic hydroxyl groups is 2. The molecule has 10 nitrogen and oxygen atoms in total. The Kier molecular flexibility index (Phi) is 12.5. The van der Waals surface area contributed by atoms with Crippen LogP contribution in [0.5, 0.6) is 11.6 Å². The second-order valence-electron chi connectivity index (χ2n) is 10.8. The van der Waals surface area contributed by atoms with Crippen molar-refractivity contribution in [2.45, 2.75) is 27.7 Å². The van der Waals surface area contributed by atoms with E-state index in [4.69, 9.17) is 19.3 Å². The molecule has 1 fully saturated rings. The topological polar surface area (TPSA) is 112 Å². The van der Waals surface area contributed by atoms with Gasteiger partial charge in [0.05, 0.1) is 30.0 Å². The first-order valence-electron chi connectivity index (χ1n) is 14.0. The Morgan fingerprint density at radius 3 is 2.49 bits per heavy atom. The quantitative estimate of drug-likeness (QED) is 0.247. The predicted molar refractivity (Wildman–Crippen MR) is 162 cm³/mol. The summed E-state index contributed by atoms with van der Waals surface area (Å²) >= 11 is 0. The molecule has 3 N–H and O–H groups in total. The molecule has 2 aromatic rings. The normalized spacial score (nSPS) is 16.6. The van der Waals surface area contributed by atoms with Gasteiger partial charge in [-0.2, -0.15) is 0 Å². The van der Waals surface area contributed by atoms with Gasteiger partial charge in [0, 0.05) is 69.1 Å². The first-order valence-corrected chi connectivity index (χ1v) is 14.0. The molecule has 2 heterocycles. The molecule has 0 bridgehead atoms. The Balaban J connectivity index is 1.64. The van der Waals surface area contributed by atoms with E-state index in [2.05, 4.69) is 25.1 Å². The number of aromatic nitrogens is 2. The van der Waals surface area contributed by atoms with Crippen LogP contribution in [-0.2, 0) is 9.47 Å². The van der Waals surface area contributed by atoms with Crippen molar-refractivity contribution in [1.29, 1.82) is 0 Å². The van der Waals surface area contributed by atoms with E-state index < -0.39 is 0 Å². The SMILES string of the molecule is C/C=c1/c(Oc2cccc(NC/C=C(\O)C(C)(C)C)c2)ncn/c1=C/C(=C/OCCN1CCN(CCO)CC1)OC. The van der Waals surface area contributed by atoms with E-state index in [-0.39, 0.29) is 12.0 Å². The van der Waals surface area contributed by atoms with Gasteiger partial charge in [-0.25, -0.2) is 9.97 Å². The lowest BCUT2D eigenvalue weighted by Gasteiger charge is -2.34. The summed E-state index contributed by atoms with van der Waals surface area (Å²) in [6.07, 6.45) is 8.53. The Hall–Kier alpha value is -3.60. The third-order valence-electron chi connectivity index (χ3n) is 6.71. The molecule has 41 heavy (non-hydrogen) atoms. The molecule has 0 atom stereocenters. The molecule has 0 aliphatic carbocycles. The smallest absolute Gasteiger partial charge is 0.229 e. The van der Waals surface area contributed by atoms with Gasteiger partial charge in [-0.3, -0.25) is 9.80 Å². The average Bonchev–Trinajstić information content (AvgIpc) is 2.95. The molecule has 224 valence electrons. The minimum atomic E-state index is -0.289. The highest BCUT2D eigenvalue weighted by Crippen LogP contribution is 2.23.